The van der Waals surface area contributed by atoms with Crippen LogP contribution in [0.5, 0.6) is 0 Å². The number of urea groups is 1. The Morgan fingerprint density at radius 3 is 2.67 bits per heavy atom. The zero-order chi connectivity index (χ0) is 19.8. The van der Waals surface area contributed by atoms with Crippen molar-refractivity contribution in [2.75, 3.05) is 6.54 Å². The quantitative estimate of drug-likeness (QED) is 0.774. The summed E-state index contributed by atoms with van der Waals surface area (Å²) in [5, 5.41) is 6.17. The second-order valence-electron chi connectivity index (χ2n) is 8.63. The van der Waals surface area contributed by atoms with Crippen LogP contribution < -0.4 is 10.6 Å². The van der Waals surface area contributed by atoms with Gasteiger partial charge in [-0.2, -0.15) is 0 Å². The largest absolute Gasteiger partial charge is 0.350 e. The first-order valence-electron chi connectivity index (χ1n) is 9.26. The highest BCUT2D eigenvalue weighted by Gasteiger charge is 2.56. The van der Waals surface area contributed by atoms with Crippen LogP contribution in [0.3, 0.4) is 0 Å². The summed E-state index contributed by atoms with van der Waals surface area (Å²) in [4.78, 5) is 38.8. The van der Waals surface area contributed by atoms with E-state index in [1.807, 2.05) is 18.2 Å². The van der Waals surface area contributed by atoms with Crippen molar-refractivity contribution in [3.8, 4) is 0 Å². The molecule has 4 amide bonds. The molecular formula is C20H26ClN3O3. The molecule has 3 rings (SSSR count). The number of imide groups is 1. The van der Waals surface area contributed by atoms with E-state index >= 15 is 0 Å². The van der Waals surface area contributed by atoms with Crippen molar-refractivity contribution in [3.05, 3.63) is 34.9 Å². The molecule has 146 valence electrons. The van der Waals surface area contributed by atoms with Gasteiger partial charge in [-0.1, -0.05) is 50.6 Å². The van der Waals surface area contributed by atoms with Gasteiger partial charge in [0, 0.05) is 11.6 Å². The predicted octanol–water partition coefficient (Wildman–Crippen LogP) is 3.09. The highest BCUT2D eigenvalue weighted by Crippen LogP contribution is 2.46. The van der Waals surface area contributed by atoms with Gasteiger partial charge in [-0.25, -0.2) is 4.79 Å². The van der Waals surface area contributed by atoms with Gasteiger partial charge in [0.25, 0.3) is 5.91 Å². The van der Waals surface area contributed by atoms with Crippen molar-refractivity contribution in [1.29, 1.82) is 0 Å². The molecule has 1 aliphatic heterocycles. The minimum Gasteiger partial charge on any atom is -0.350 e. The molecule has 0 radical (unpaired) electrons. The number of rotatable bonds is 4. The Morgan fingerprint density at radius 2 is 2.00 bits per heavy atom. The Kier molecular flexibility index (Phi) is 5.21. The number of amides is 4. The fraction of sp³-hybridized carbons (Fsp3) is 0.550. The Hall–Kier alpha value is -2.08. The van der Waals surface area contributed by atoms with Crippen molar-refractivity contribution < 1.29 is 14.4 Å². The summed E-state index contributed by atoms with van der Waals surface area (Å²) in [7, 11) is 0. The van der Waals surface area contributed by atoms with Crippen molar-refractivity contribution in [2.24, 2.45) is 11.3 Å². The van der Waals surface area contributed by atoms with Crippen LogP contribution in [-0.2, 0) is 16.1 Å². The molecular weight excluding hydrogens is 366 g/mol. The van der Waals surface area contributed by atoms with Crippen molar-refractivity contribution in [3.63, 3.8) is 0 Å². The van der Waals surface area contributed by atoms with Crippen LogP contribution in [-0.4, -0.2) is 34.8 Å². The number of carbonyl (C=O) groups excluding carboxylic acids is 3. The van der Waals surface area contributed by atoms with E-state index in [-0.39, 0.29) is 24.4 Å². The standard InChI is InChI=1S/C20H26ClN3O3/c1-13-8-19(2,3)12-20(9-13)17(26)24(18(27)23-20)11-16(25)22-10-14-6-4-5-7-15(14)21/h4-7,13H,8-12H2,1-3H3,(H,22,25)(H,23,27). The number of halogens is 1. The van der Waals surface area contributed by atoms with Gasteiger partial charge in [0.2, 0.25) is 5.91 Å². The monoisotopic (exact) mass is 391 g/mol. The SMILES string of the molecule is CC1CC(C)(C)CC2(C1)NC(=O)N(CC(=O)NCc1ccccc1Cl)C2=O. The lowest BCUT2D eigenvalue weighted by Crippen LogP contribution is -2.54. The highest BCUT2D eigenvalue weighted by atomic mass is 35.5. The van der Waals surface area contributed by atoms with Gasteiger partial charge in [0.15, 0.2) is 0 Å². The number of nitrogens with one attached hydrogen (secondary N) is 2. The second-order valence-corrected chi connectivity index (χ2v) is 9.03. The van der Waals surface area contributed by atoms with Gasteiger partial charge in [0.05, 0.1) is 0 Å². The molecule has 1 heterocycles. The van der Waals surface area contributed by atoms with E-state index in [0.29, 0.717) is 23.8 Å². The number of carbonyl (C=O) groups is 3. The molecule has 0 bridgehead atoms. The molecule has 2 unspecified atom stereocenters. The first-order valence-corrected chi connectivity index (χ1v) is 9.64. The number of benzene rings is 1. The first-order chi connectivity index (χ1) is 12.6. The maximum atomic E-state index is 13.0. The van der Waals surface area contributed by atoms with Crippen LogP contribution in [0.25, 0.3) is 0 Å². The van der Waals surface area contributed by atoms with Gasteiger partial charge in [0.1, 0.15) is 12.1 Å². The maximum Gasteiger partial charge on any atom is 0.325 e. The zero-order valence-corrected chi connectivity index (χ0v) is 16.7. The summed E-state index contributed by atoms with van der Waals surface area (Å²) in [5.74, 6) is -0.356. The second kappa shape index (κ2) is 7.15. The van der Waals surface area contributed by atoms with E-state index in [1.165, 1.54) is 0 Å². The third-order valence-electron chi connectivity index (χ3n) is 5.36. The van der Waals surface area contributed by atoms with E-state index in [2.05, 4.69) is 31.4 Å². The number of nitrogens with zero attached hydrogens (tertiary/aromatic N) is 1. The fourth-order valence-electron chi connectivity index (χ4n) is 4.68. The van der Waals surface area contributed by atoms with E-state index in [1.54, 1.807) is 6.07 Å². The molecule has 1 aromatic rings. The summed E-state index contributed by atoms with van der Waals surface area (Å²) < 4.78 is 0. The first kappa shape index (κ1) is 19.7. The lowest BCUT2D eigenvalue weighted by molar-refractivity contribution is -0.137. The lowest BCUT2D eigenvalue weighted by Gasteiger charge is -2.43. The van der Waals surface area contributed by atoms with E-state index in [0.717, 1.165) is 16.9 Å². The molecule has 1 spiro atoms. The summed E-state index contributed by atoms with van der Waals surface area (Å²) in [6.07, 6.45) is 2.21. The average Bonchev–Trinajstić information content (AvgIpc) is 2.75. The topological polar surface area (TPSA) is 78.5 Å². The molecule has 2 aliphatic rings. The van der Waals surface area contributed by atoms with Gasteiger partial charge in [-0.15, -0.1) is 0 Å². The molecule has 6 nitrogen and oxygen atoms in total. The van der Waals surface area contributed by atoms with Crippen LogP contribution in [0, 0.1) is 11.3 Å². The summed E-state index contributed by atoms with van der Waals surface area (Å²) in [5.41, 5.74) is -0.145. The van der Waals surface area contributed by atoms with Crippen molar-refractivity contribution in [1.82, 2.24) is 15.5 Å². The van der Waals surface area contributed by atoms with Gasteiger partial charge in [-0.3, -0.25) is 14.5 Å². The fourth-order valence-corrected chi connectivity index (χ4v) is 4.89. The molecule has 0 aromatic heterocycles. The Labute approximate surface area is 164 Å². The van der Waals surface area contributed by atoms with Gasteiger partial charge in [-0.05, 0) is 42.2 Å². The smallest absolute Gasteiger partial charge is 0.325 e. The van der Waals surface area contributed by atoms with Crippen molar-refractivity contribution >= 4 is 29.4 Å². The number of hydrogen-bond donors (Lipinski definition) is 2. The molecule has 1 saturated carbocycles. The Bertz CT molecular complexity index is 779. The normalized spacial score (nSPS) is 27.0. The molecule has 1 aromatic carbocycles. The molecule has 7 heteroatoms. The molecule has 2 N–H and O–H groups in total. The summed E-state index contributed by atoms with van der Waals surface area (Å²) in [6, 6.07) is 6.72. The minimum atomic E-state index is -0.888. The van der Waals surface area contributed by atoms with Crippen LogP contribution in [0.15, 0.2) is 24.3 Å². The summed E-state index contributed by atoms with van der Waals surface area (Å²) >= 11 is 6.08. The Balaban J connectivity index is 1.65. The molecule has 2 atom stereocenters. The molecule has 1 aliphatic carbocycles. The minimum absolute atomic E-state index is 0.0388. The highest BCUT2D eigenvalue weighted by molar-refractivity contribution is 6.31. The van der Waals surface area contributed by atoms with Crippen LogP contribution >= 0.6 is 11.6 Å². The average molecular weight is 392 g/mol. The van der Waals surface area contributed by atoms with Crippen LogP contribution in [0.2, 0.25) is 5.02 Å². The summed E-state index contributed by atoms with van der Waals surface area (Å²) in [6.45, 7) is 6.29. The maximum absolute atomic E-state index is 13.0. The van der Waals surface area contributed by atoms with E-state index in [4.69, 9.17) is 11.6 Å². The van der Waals surface area contributed by atoms with Crippen molar-refractivity contribution in [2.45, 2.75) is 52.1 Å². The van der Waals surface area contributed by atoms with Gasteiger partial charge >= 0.3 is 6.03 Å². The third-order valence-corrected chi connectivity index (χ3v) is 5.73. The molecule has 1 saturated heterocycles. The molecule has 27 heavy (non-hydrogen) atoms. The number of hydrogen-bond acceptors (Lipinski definition) is 3. The zero-order valence-electron chi connectivity index (χ0n) is 16.0. The third kappa shape index (κ3) is 4.10. The van der Waals surface area contributed by atoms with Crippen LogP contribution in [0.4, 0.5) is 4.79 Å². The van der Waals surface area contributed by atoms with Gasteiger partial charge < -0.3 is 10.6 Å². The van der Waals surface area contributed by atoms with Crippen LogP contribution in [0.1, 0.15) is 45.6 Å². The van der Waals surface area contributed by atoms with E-state index < -0.39 is 17.5 Å². The lowest BCUT2D eigenvalue weighted by atomic mass is 9.64. The molecule has 2 fully saturated rings. The Morgan fingerprint density at radius 1 is 1.30 bits per heavy atom. The predicted molar refractivity (Wildman–Crippen MR) is 103 cm³/mol. The van der Waals surface area contributed by atoms with E-state index in [9.17, 15) is 14.4 Å².